The van der Waals surface area contributed by atoms with E-state index in [1.165, 1.54) is 19.8 Å². The first-order chi connectivity index (χ1) is 13.6. The third-order valence-corrected chi connectivity index (χ3v) is 5.78. The quantitative estimate of drug-likeness (QED) is 0.846. The van der Waals surface area contributed by atoms with Gasteiger partial charge in [-0.3, -0.25) is 9.78 Å². The van der Waals surface area contributed by atoms with E-state index in [9.17, 15) is 4.79 Å². The molecule has 2 aliphatic rings. The summed E-state index contributed by atoms with van der Waals surface area (Å²) in [7, 11) is 2.14. The SMILES string of the molecule is CC(=O)NC(c1nc(-c2cc(N3CCN(C)CC3)ccn2)no1)C1CCCC1. The number of piperazine rings is 1. The number of aromatic nitrogens is 3. The Morgan fingerprint density at radius 2 is 2.00 bits per heavy atom. The van der Waals surface area contributed by atoms with Gasteiger partial charge in [0, 0.05) is 45.0 Å². The Hall–Kier alpha value is -2.48. The molecule has 1 amide bonds. The minimum Gasteiger partial charge on any atom is -0.369 e. The Morgan fingerprint density at radius 3 is 2.71 bits per heavy atom. The number of rotatable bonds is 5. The highest BCUT2D eigenvalue weighted by Crippen LogP contribution is 2.35. The Balaban J connectivity index is 1.54. The highest BCUT2D eigenvalue weighted by molar-refractivity contribution is 5.73. The molecule has 3 heterocycles. The van der Waals surface area contributed by atoms with Crippen LogP contribution >= 0.6 is 0 Å². The van der Waals surface area contributed by atoms with E-state index in [2.05, 4.69) is 37.3 Å². The second-order valence-electron chi connectivity index (χ2n) is 7.87. The number of nitrogens with one attached hydrogen (secondary N) is 1. The molecule has 2 aromatic rings. The van der Waals surface area contributed by atoms with Crippen molar-refractivity contribution in [3.63, 3.8) is 0 Å². The number of hydrogen-bond acceptors (Lipinski definition) is 7. The second-order valence-corrected chi connectivity index (χ2v) is 7.87. The van der Waals surface area contributed by atoms with Crippen molar-refractivity contribution in [1.29, 1.82) is 0 Å². The molecule has 1 aliphatic carbocycles. The van der Waals surface area contributed by atoms with Crippen LogP contribution in [0.2, 0.25) is 0 Å². The van der Waals surface area contributed by atoms with Crippen molar-refractivity contribution in [2.45, 2.75) is 38.6 Å². The number of nitrogens with zero attached hydrogens (tertiary/aromatic N) is 5. The highest BCUT2D eigenvalue weighted by Gasteiger charge is 2.31. The number of amides is 1. The van der Waals surface area contributed by atoms with Crippen LogP contribution in [0.3, 0.4) is 0 Å². The predicted octanol–water partition coefficient (Wildman–Crippen LogP) is 2.25. The van der Waals surface area contributed by atoms with E-state index in [-0.39, 0.29) is 11.9 Å². The Bertz CT molecular complexity index is 809. The first-order valence-electron chi connectivity index (χ1n) is 10.1. The molecule has 4 rings (SSSR count). The molecule has 2 aromatic heterocycles. The van der Waals surface area contributed by atoms with Crippen molar-refractivity contribution < 1.29 is 9.32 Å². The van der Waals surface area contributed by atoms with E-state index < -0.39 is 0 Å². The van der Waals surface area contributed by atoms with Gasteiger partial charge in [-0.2, -0.15) is 4.98 Å². The minimum absolute atomic E-state index is 0.0770. The third kappa shape index (κ3) is 4.16. The summed E-state index contributed by atoms with van der Waals surface area (Å²) in [6.07, 6.45) is 6.29. The zero-order valence-corrected chi connectivity index (χ0v) is 16.6. The van der Waals surface area contributed by atoms with Crippen LogP contribution in [0, 0.1) is 5.92 Å². The van der Waals surface area contributed by atoms with E-state index in [1.807, 2.05) is 12.1 Å². The lowest BCUT2D eigenvalue weighted by atomic mass is 9.98. The van der Waals surface area contributed by atoms with Gasteiger partial charge in [0.2, 0.25) is 17.6 Å². The summed E-state index contributed by atoms with van der Waals surface area (Å²) in [5.74, 6) is 1.22. The lowest BCUT2D eigenvalue weighted by molar-refractivity contribution is -0.120. The fraction of sp³-hybridized carbons (Fsp3) is 0.600. The van der Waals surface area contributed by atoms with Gasteiger partial charge in [-0.15, -0.1) is 0 Å². The molecule has 1 aliphatic heterocycles. The summed E-state index contributed by atoms with van der Waals surface area (Å²) in [6, 6.07) is 3.82. The van der Waals surface area contributed by atoms with Gasteiger partial charge >= 0.3 is 0 Å². The zero-order valence-electron chi connectivity index (χ0n) is 16.6. The van der Waals surface area contributed by atoms with Crippen molar-refractivity contribution in [3.8, 4) is 11.5 Å². The van der Waals surface area contributed by atoms with Gasteiger partial charge in [0.15, 0.2) is 0 Å². The fourth-order valence-electron chi connectivity index (χ4n) is 4.16. The molecule has 150 valence electrons. The largest absolute Gasteiger partial charge is 0.369 e. The highest BCUT2D eigenvalue weighted by atomic mass is 16.5. The summed E-state index contributed by atoms with van der Waals surface area (Å²) in [4.78, 5) is 25.4. The number of carbonyl (C=O) groups excluding carboxylic acids is 1. The van der Waals surface area contributed by atoms with Crippen molar-refractivity contribution in [1.82, 2.24) is 25.3 Å². The molecular formula is C20H28N6O2. The summed E-state index contributed by atoms with van der Waals surface area (Å²) >= 11 is 0. The smallest absolute Gasteiger partial charge is 0.249 e. The van der Waals surface area contributed by atoms with Crippen LogP contribution < -0.4 is 10.2 Å². The maximum absolute atomic E-state index is 11.7. The van der Waals surface area contributed by atoms with Gasteiger partial charge in [-0.25, -0.2) is 0 Å². The maximum Gasteiger partial charge on any atom is 0.249 e. The van der Waals surface area contributed by atoms with Crippen LogP contribution in [-0.4, -0.2) is 59.2 Å². The summed E-state index contributed by atoms with van der Waals surface area (Å²) < 4.78 is 5.56. The molecule has 0 spiro atoms. The third-order valence-electron chi connectivity index (χ3n) is 5.78. The summed E-state index contributed by atoms with van der Waals surface area (Å²) in [5, 5.41) is 7.16. The van der Waals surface area contributed by atoms with Crippen LogP contribution in [-0.2, 0) is 4.79 Å². The molecule has 0 aromatic carbocycles. The monoisotopic (exact) mass is 384 g/mol. The van der Waals surface area contributed by atoms with Gasteiger partial charge < -0.3 is 19.6 Å². The topological polar surface area (TPSA) is 87.4 Å². The Morgan fingerprint density at radius 1 is 1.25 bits per heavy atom. The lowest BCUT2D eigenvalue weighted by Crippen LogP contribution is -2.44. The first-order valence-corrected chi connectivity index (χ1v) is 10.1. The van der Waals surface area contributed by atoms with Gasteiger partial charge in [-0.05, 0) is 37.9 Å². The molecule has 1 saturated heterocycles. The molecule has 28 heavy (non-hydrogen) atoms. The molecular weight excluding hydrogens is 356 g/mol. The molecule has 8 nitrogen and oxygen atoms in total. The van der Waals surface area contributed by atoms with E-state index in [0.717, 1.165) is 44.7 Å². The average Bonchev–Trinajstić information content (AvgIpc) is 3.39. The van der Waals surface area contributed by atoms with Crippen LogP contribution in [0.1, 0.15) is 44.5 Å². The fourth-order valence-corrected chi connectivity index (χ4v) is 4.16. The van der Waals surface area contributed by atoms with E-state index in [1.54, 1.807) is 6.20 Å². The van der Waals surface area contributed by atoms with E-state index in [0.29, 0.717) is 23.3 Å². The Kier molecular flexibility index (Phi) is 5.57. The first kappa shape index (κ1) is 18.9. The number of carbonyl (C=O) groups is 1. The van der Waals surface area contributed by atoms with Gasteiger partial charge in [0.1, 0.15) is 11.7 Å². The van der Waals surface area contributed by atoms with Crippen LogP contribution in [0.5, 0.6) is 0 Å². The normalized spacial score (nSPS) is 19.7. The van der Waals surface area contributed by atoms with Crippen molar-refractivity contribution in [2.24, 2.45) is 5.92 Å². The molecule has 2 fully saturated rings. The van der Waals surface area contributed by atoms with Crippen molar-refractivity contribution in [2.75, 3.05) is 38.1 Å². The zero-order chi connectivity index (χ0) is 19.5. The van der Waals surface area contributed by atoms with Gasteiger partial charge in [0.25, 0.3) is 0 Å². The van der Waals surface area contributed by atoms with Crippen molar-refractivity contribution >= 4 is 11.6 Å². The number of anilines is 1. The second kappa shape index (κ2) is 8.26. The van der Waals surface area contributed by atoms with Crippen LogP contribution in [0.25, 0.3) is 11.5 Å². The molecule has 8 heteroatoms. The van der Waals surface area contributed by atoms with E-state index >= 15 is 0 Å². The standard InChI is InChI=1S/C20H28N6O2/c1-14(27)22-18(15-5-3-4-6-15)20-23-19(24-28-20)17-13-16(7-8-21-17)26-11-9-25(2)10-12-26/h7-8,13,15,18H,3-6,9-12H2,1-2H3,(H,22,27). The molecule has 0 bridgehead atoms. The van der Waals surface area contributed by atoms with Gasteiger partial charge in [-0.1, -0.05) is 18.0 Å². The average molecular weight is 384 g/mol. The summed E-state index contributed by atoms with van der Waals surface area (Å²) in [5.41, 5.74) is 1.82. The minimum atomic E-state index is -0.220. The van der Waals surface area contributed by atoms with Crippen LogP contribution in [0.4, 0.5) is 5.69 Å². The van der Waals surface area contributed by atoms with Gasteiger partial charge in [0.05, 0.1) is 0 Å². The Labute approximate surface area is 165 Å². The molecule has 1 atom stereocenters. The molecule has 1 N–H and O–H groups in total. The van der Waals surface area contributed by atoms with Crippen molar-refractivity contribution in [3.05, 3.63) is 24.2 Å². The number of hydrogen-bond donors (Lipinski definition) is 1. The predicted molar refractivity (Wildman–Crippen MR) is 106 cm³/mol. The van der Waals surface area contributed by atoms with E-state index in [4.69, 9.17) is 4.52 Å². The molecule has 1 unspecified atom stereocenters. The number of pyridine rings is 1. The number of likely N-dealkylation sites (N-methyl/N-ethyl adjacent to an activating group) is 1. The maximum atomic E-state index is 11.7. The molecule has 0 radical (unpaired) electrons. The lowest BCUT2D eigenvalue weighted by Gasteiger charge is -2.34. The molecule has 1 saturated carbocycles. The van der Waals surface area contributed by atoms with Crippen LogP contribution in [0.15, 0.2) is 22.9 Å². The summed E-state index contributed by atoms with van der Waals surface area (Å²) in [6.45, 7) is 5.60.